The molecule has 88 valence electrons. The second-order valence-electron chi connectivity index (χ2n) is 4.03. The van der Waals surface area contributed by atoms with Crippen LogP contribution in [0.2, 0.25) is 0 Å². The molecule has 2 N–H and O–H groups in total. The van der Waals surface area contributed by atoms with Crippen LogP contribution in [0.5, 0.6) is 0 Å². The lowest BCUT2D eigenvalue weighted by molar-refractivity contribution is 0.586. The molecule has 0 aliphatic carbocycles. The van der Waals surface area contributed by atoms with Crippen molar-refractivity contribution in [2.45, 2.75) is 6.92 Å². The number of nitrogens with two attached hydrogens (primary N) is 1. The fourth-order valence-corrected chi connectivity index (χ4v) is 3.15. The van der Waals surface area contributed by atoms with E-state index in [1.165, 1.54) is 0 Å². The molecule has 0 amide bonds. The summed E-state index contributed by atoms with van der Waals surface area (Å²) < 4.78 is 22.7. The van der Waals surface area contributed by atoms with E-state index in [0.29, 0.717) is 18.8 Å². The number of hydrogen-bond donors (Lipinski definition) is 1. The predicted molar refractivity (Wildman–Crippen MR) is 64.3 cm³/mol. The fourth-order valence-electron chi connectivity index (χ4n) is 1.95. The molecular formula is C10H15N3O2S. The highest BCUT2D eigenvalue weighted by Gasteiger charge is 2.23. The highest BCUT2D eigenvalue weighted by molar-refractivity contribution is 7.91. The lowest BCUT2D eigenvalue weighted by Gasteiger charge is -2.30. The lowest BCUT2D eigenvalue weighted by atomic mass is 10.2. The Hall–Kier alpha value is -1.30. The van der Waals surface area contributed by atoms with E-state index in [-0.39, 0.29) is 11.5 Å². The summed E-state index contributed by atoms with van der Waals surface area (Å²) in [6, 6.07) is 0. The Balaban J connectivity index is 2.27. The second-order valence-corrected chi connectivity index (χ2v) is 6.34. The van der Waals surface area contributed by atoms with Gasteiger partial charge in [0.1, 0.15) is 0 Å². The normalized spacial score (nSPS) is 19.7. The number of sulfone groups is 1. The molecule has 0 radical (unpaired) electrons. The van der Waals surface area contributed by atoms with Gasteiger partial charge in [-0.05, 0) is 12.5 Å². The lowest BCUT2D eigenvalue weighted by Crippen LogP contribution is -2.41. The van der Waals surface area contributed by atoms with E-state index in [1.807, 2.05) is 11.8 Å². The highest BCUT2D eigenvalue weighted by atomic mass is 32.2. The van der Waals surface area contributed by atoms with Gasteiger partial charge in [0, 0.05) is 19.3 Å². The first-order valence-electron chi connectivity index (χ1n) is 5.15. The van der Waals surface area contributed by atoms with Crippen LogP contribution in [-0.4, -0.2) is 38.0 Å². The van der Waals surface area contributed by atoms with Gasteiger partial charge in [-0.1, -0.05) is 0 Å². The standard InChI is InChI=1S/C10H15N3O2S/c1-8-6-12-7-9(11)10(8)13-2-4-16(14,15)5-3-13/h6-7H,2-5,11H2,1H3. The largest absolute Gasteiger partial charge is 0.396 e. The smallest absolute Gasteiger partial charge is 0.153 e. The molecule has 1 aliphatic heterocycles. The molecule has 2 heterocycles. The number of nitrogens with zero attached hydrogens (tertiary/aromatic N) is 2. The van der Waals surface area contributed by atoms with E-state index >= 15 is 0 Å². The Morgan fingerprint density at radius 3 is 2.50 bits per heavy atom. The summed E-state index contributed by atoms with van der Waals surface area (Å²) >= 11 is 0. The van der Waals surface area contributed by atoms with Gasteiger partial charge in [0.25, 0.3) is 0 Å². The zero-order valence-electron chi connectivity index (χ0n) is 9.18. The number of nitrogen functional groups attached to an aromatic ring is 1. The monoisotopic (exact) mass is 241 g/mol. The SMILES string of the molecule is Cc1cncc(N)c1N1CCS(=O)(=O)CC1. The summed E-state index contributed by atoms with van der Waals surface area (Å²) in [4.78, 5) is 6.02. The second kappa shape index (κ2) is 3.93. The molecule has 2 rings (SSSR count). The van der Waals surface area contributed by atoms with Crippen LogP contribution in [0.25, 0.3) is 0 Å². The highest BCUT2D eigenvalue weighted by Crippen LogP contribution is 2.27. The van der Waals surface area contributed by atoms with Gasteiger partial charge in [0.15, 0.2) is 9.84 Å². The molecule has 0 saturated carbocycles. The fraction of sp³-hybridized carbons (Fsp3) is 0.500. The molecule has 5 nitrogen and oxygen atoms in total. The van der Waals surface area contributed by atoms with E-state index in [9.17, 15) is 8.42 Å². The minimum Gasteiger partial charge on any atom is -0.396 e. The summed E-state index contributed by atoms with van der Waals surface area (Å²) in [5.41, 5.74) is 8.38. The van der Waals surface area contributed by atoms with Gasteiger partial charge in [0.2, 0.25) is 0 Å². The maximum absolute atomic E-state index is 11.3. The first-order valence-corrected chi connectivity index (χ1v) is 6.97. The summed E-state index contributed by atoms with van der Waals surface area (Å²) in [7, 11) is -2.85. The molecule has 1 aliphatic rings. The van der Waals surface area contributed by atoms with Crippen molar-refractivity contribution in [3.8, 4) is 0 Å². The third kappa shape index (κ3) is 2.11. The third-order valence-electron chi connectivity index (χ3n) is 2.79. The predicted octanol–water partition coefficient (Wildman–Crippen LogP) is 0.207. The van der Waals surface area contributed by atoms with Crippen molar-refractivity contribution in [2.24, 2.45) is 0 Å². The van der Waals surface area contributed by atoms with Crippen molar-refractivity contribution in [2.75, 3.05) is 35.2 Å². The molecular weight excluding hydrogens is 226 g/mol. The molecule has 1 aromatic heterocycles. The Labute approximate surface area is 95.2 Å². The number of anilines is 2. The molecule has 0 bridgehead atoms. The quantitative estimate of drug-likeness (QED) is 0.760. The topological polar surface area (TPSA) is 76.3 Å². The van der Waals surface area contributed by atoms with Crippen molar-refractivity contribution in [1.82, 2.24) is 4.98 Å². The van der Waals surface area contributed by atoms with Crippen LogP contribution in [0.1, 0.15) is 5.56 Å². The van der Waals surface area contributed by atoms with Gasteiger partial charge in [-0.15, -0.1) is 0 Å². The molecule has 0 atom stereocenters. The Kier molecular flexibility index (Phi) is 2.75. The van der Waals surface area contributed by atoms with Crippen LogP contribution >= 0.6 is 0 Å². The molecule has 1 saturated heterocycles. The average Bonchev–Trinajstić information content (AvgIpc) is 2.20. The molecule has 16 heavy (non-hydrogen) atoms. The molecule has 1 aromatic rings. The van der Waals surface area contributed by atoms with Crippen molar-refractivity contribution in [3.05, 3.63) is 18.0 Å². The maximum Gasteiger partial charge on any atom is 0.153 e. The van der Waals surface area contributed by atoms with Gasteiger partial charge >= 0.3 is 0 Å². The third-order valence-corrected chi connectivity index (χ3v) is 4.40. The van der Waals surface area contributed by atoms with Gasteiger partial charge < -0.3 is 10.6 Å². The minimum absolute atomic E-state index is 0.203. The van der Waals surface area contributed by atoms with Gasteiger partial charge in [-0.25, -0.2) is 8.42 Å². The van der Waals surface area contributed by atoms with E-state index < -0.39 is 9.84 Å². The summed E-state index contributed by atoms with van der Waals surface area (Å²) in [6.45, 7) is 2.95. The van der Waals surface area contributed by atoms with Gasteiger partial charge in [-0.2, -0.15) is 0 Å². The molecule has 6 heteroatoms. The molecule has 0 aromatic carbocycles. The number of hydrogen-bond acceptors (Lipinski definition) is 5. The van der Waals surface area contributed by atoms with E-state index in [1.54, 1.807) is 12.4 Å². The van der Waals surface area contributed by atoms with Crippen LogP contribution in [0.15, 0.2) is 12.4 Å². The number of aromatic nitrogens is 1. The number of rotatable bonds is 1. The molecule has 1 fully saturated rings. The zero-order valence-corrected chi connectivity index (χ0v) is 10.00. The average molecular weight is 241 g/mol. The van der Waals surface area contributed by atoms with Crippen molar-refractivity contribution < 1.29 is 8.42 Å². The summed E-state index contributed by atoms with van der Waals surface area (Å²) in [5, 5.41) is 0. The first kappa shape index (κ1) is 11.2. The number of pyridine rings is 1. The Bertz CT molecular complexity index is 465. The summed E-state index contributed by atoms with van der Waals surface area (Å²) in [6.07, 6.45) is 3.35. The van der Waals surface area contributed by atoms with Crippen molar-refractivity contribution >= 4 is 21.2 Å². The van der Waals surface area contributed by atoms with Crippen LogP contribution in [-0.2, 0) is 9.84 Å². The van der Waals surface area contributed by atoms with Crippen molar-refractivity contribution in [3.63, 3.8) is 0 Å². The van der Waals surface area contributed by atoms with Crippen molar-refractivity contribution in [1.29, 1.82) is 0 Å². The zero-order chi connectivity index (χ0) is 11.8. The van der Waals surface area contributed by atoms with E-state index in [4.69, 9.17) is 5.73 Å². The van der Waals surface area contributed by atoms with Gasteiger partial charge in [0.05, 0.1) is 29.1 Å². The summed E-state index contributed by atoms with van der Waals surface area (Å²) in [5.74, 6) is 0.405. The molecule has 0 spiro atoms. The van der Waals surface area contributed by atoms with Crippen LogP contribution in [0.3, 0.4) is 0 Å². The minimum atomic E-state index is -2.85. The van der Waals surface area contributed by atoms with E-state index in [0.717, 1.165) is 11.3 Å². The van der Waals surface area contributed by atoms with Gasteiger partial charge in [-0.3, -0.25) is 4.98 Å². The number of aryl methyl sites for hydroxylation is 1. The Morgan fingerprint density at radius 1 is 1.31 bits per heavy atom. The van der Waals surface area contributed by atoms with E-state index in [2.05, 4.69) is 4.98 Å². The first-order chi connectivity index (χ1) is 7.49. The maximum atomic E-state index is 11.3. The van der Waals surface area contributed by atoms with Crippen LogP contribution < -0.4 is 10.6 Å². The molecule has 0 unspecified atom stereocenters. The Morgan fingerprint density at radius 2 is 1.94 bits per heavy atom. The van der Waals surface area contributed by atoms with Crippen LogP contribution in [0, 0.1) is 6.92 Å². The van der Waals surface area contributed by atoms with Crippen LogP contribution in [0.4, 0.5) is 11.4 Å².